The highest BCUT2D eigenvalue weighted by Crippen LogP contribution is 2.27. The van der Waals surface area contributed by atoms with Gasteiger partial charge in [-0.1, -0.05) is 65.8 Å². The van der Waals surface area contributed by atoms with Gasteiger partial charge in [0.05, 0.1) is 6.54 Å². The lowest BCUT2D eigenvalue weighted by Crippen LogP contribution is -2.66. The van der Waals surface area contributed by atoms with Crippen LogP contribution in [0.25, 0.3) is 0 Å². The molecule has 0 bridgehead atoms. The quantitative estimate of drug-likeness (QED) is 0.305. The molecular weight excluding hydrogens is 350 g/mol. The fourth-order valence-corrected chi connectivity index (χ4v) is 2.94. The molecule has 2 aromatic carbocycles. The van der Waals surface area contributed by atoms with Crippen molar-refractivity contribution in [1.82, 2.24) is 10.2 Å². The monoisotopic (exact) mass is 367 g/mol. The highest BCUT2D eigenvalue weighted by Gasteiger charge is 2.45. The maximum Gasteiger partial charge on any atom is 0.331 e. The number of hydrogen-bond donors (Lipinski definition) is 3. The number of carboxylic acid groups (broad SMARTS) is 1. The number of benzene rings is 2. The summed E-state index contributed by atoms with van der Waals surface area (Å²) in [6.07, 6.45) is 0. The number of nitrogens with one attached hydrogen (secondary N) is 1. The molecule has 1 aliphatic heterocycles. The summed E-state index contributed by atoms with van der Waals surface area (Å²) in [5, 5.41) is 24.1. The van der Waals surface area contributed by atoms with Gasteiger partial charge in [0.25, 0.3) is 5.91 Å². The van der Waals surface area contributed by atoms with Gasteiger partial charge in [-0.25, -0.2) is 4.79 Å². The Morgan fingerprint density at radius 1 is 1.07 bits per heavy atom. The Morgan fingerprint density at radius 3 is 2.19 bits per heavy atom. The summed E-state index contributed by atoms with van der Waals surface area (Å²) in [5.41, 5.74) is 0.651. The van der Waals surface area contributed by atoms with Crippen LogP contribution in [-0.2, 0) is 14.4 Å². The van der Waals surface area contributed by atoms with Crippen LogP contribution < -0.4 is 5.32 Å². The number of amides is 2. The van der Waals surface area contributed by atoms with Crippen molar-refractivity contribution in [2.75, 3.05) is 6.54 Å². The Bertz CT molecular complexity index is 883. The van der Waals surface area contributed by atoms with Gasteiger partial charge < -0.3 is 20.5 Å². The molecule has 3 N–H and O–H groups in total. The molecule has 1 aliphatic rings. The van der Waals surface area contributed by atoms with E-state index in [9.17, 15) is 19.5 Å². The SMILES string of the molecule is O=C(NC1CN(C(C(=O)O)c2ccccc2)C1=O)/C(=N/O)c1ccccc1. The molecule has 1 saturated heterocycles. The first-order valence-electron chi connectivity index (χ1n) is 8.19. The molecule has 0 aromatic heterocycles. The van der Waals surface area contributed by atoms with Gasteiger partial charge in [-0.15, -0.1) is 0 Å². The van der Waals surface area contributed by atoms with Crippen LogP contribution in [0.3, 0.4) is 0 Å². The van der Waals surface area contributed by atoms with Gasteiger partial charge in [0.1, 0.15) is 6.04 Å². The summed E-state index contributed by atoms with van der Waals surface area (Å²) in [7, 11) is 0. The summed E-state index contributed by atoms with van der Waals surface area (Å²) in [4.78, 5) is 37.5. The first-order valence-corrected chi connectivity index (χ1v) is 8.19. The lowest BCUT2D eigenvalue weighted by molar-refractivity contribution is -0.160. The highest BCUT2D eigenvalue weighted by atomic mass is 16.4. The van der Waals surface area contributed by atoms with Crippen LogP contribution in [-0.4, -0.2) is 51.3 Å². The maximum atomic E-state index is 12.4. The van der Waals surface area contributed by atoms with Crippen molar-refractivity contribution in [3.63, 3.8) is 0 Å². The van der Waals surface area contributed by atoms with Crippen molar-refractivity contribution in [3.8, 4) is 0 Å². The lowest BCUT2D eigenvalue weighted by atomic mass is 9.98. The van der Waals surface area contributed by atoms with Crippen molar-refractivity contribution < 1.29 is 24.7 Å². The van der Waals surface area contributed by atoms with Gasteiger partial charge in [-0.3, -0.25) is 9.59 Å². The zero-order valence-corrected chi connectivity index (χ0v) is 14.1. The average molecular weight is 367 g/mol. The molecule has 2 aromatic rings. The zero-order chi connectivity index (χ0) is 19.4. The topological polar surface area (TPSA) is 119 Å². The van der Waals surface area contributed by atoms with E-state index in [0.717, 1.165) is 0 Å². The maximum absolute atomic E-state index is 12.4. The van der Waals surface area contributed by atoms with Crippen LogP contribution in [0.1, 0.15) is 17.2 Å². The molecule has 2 atom stereocenters. The van der Waals surface area contributed by atoms with E-state index in [1.807, 2.05) is 0 Å². The third-order valence-electron chi connectivity index (χ3n) is 4.29. The van der Waals surface area contributed by atoms with Gasteiger partial charge in [-0.2, -0.15) is 0 Å². The van der Waals surface area contributed by atoms with Crippen LogP contribution in [0, 0.1) is 0 Å². The minimum Gasteiger partial charge on any atom is -0.479 e. The van der Waals surface area contributed by atoms with E-state index in [1.165, 1.54) is 4.90 Å². The van der Waals surface area contributed by atoms with E-state index in [1.54, 1.807) is 60.7 Å². The second-order valence-corrected chi connectivity index (χ2v) is 5.98. The largest absolute Gasteiger partial charge is 0.479 e. The Kier molecular flexibility index (Phi) is 5.16. The average Bonchev–Trinajstić information content (AvgIpc) is 2.68. The Morgan fingerprint density at radius 2 is 1.67 bits per heavy atom. The highest BCUT2D eigenvalue weighted by molar-refractivity contribution is 6.45. The summed E-state index contributed by atoms with van der Waals surface area (Å²) >= 11 is 0. The van der Waals surface area contributed by atoms with Crippen LogP contribution in [0.15, 0.2) is 65.8 Å². The molecule has 3 rings (SSSR count). The van der Waals surface area contributed by atoms with E-state index < -0.39 is 29.9 Å². The van der Waals surface area contributed by atoms with Gasteiger partial charge in [0.2, 0.25) is 5.91 Å². The van der Waals surface area contributed by atoms with Crippen molar-refractivity contribution in [1.29, 1.82) is 0 Å². The van der Waals surface area contributed by atoms with Crippen LogP contribution in [0.2, 0.25) is 0 Å². The summed E-state index contributed by atoms with van der Waals surface area (Å²) in [6, 6.07) is 14.7. The van der Waals surface area contributed by atoms with Crippen LogP contribution >= 0.6 is 0 Å². The normalized spacial score (nSPS) is 17.8. The second-order valence-electron chi connectivity index (χ2n) is 5.98. The molecule has 1 fully saturated rings. The molecular formula is C19H17N3O5. The fourth-order valence-electron chi connectivity index (χ4n) is 2.94. The van der Waals surface area contributed by atoms with E-state index in [4.69, 9.17) is 5.21 Å². The molecule has 27 heavy (non-hydrogen) atoms. The molecule has 0 spiro atoms. The number of carbonyl (C=O) groups excluding carboxylic acids is 2. The Balaban J connectivity index is 1.69. The number of likely N-dealkylation sites (tertiary alicyclic amines) is 1. The van der Waals surface area contributed by atoms with Gasteiger partial charge in [0.15, 0.2) is 11.8 Å². The molecule has 1 heterocycles. The smallest absolute Gasteiger partial charge is 0.331 e. The first-order chi connectivity index (χ1) is 13.0. The molecule has 8 heteroatoms. The second kappa shape index (κ2) is 7.69. The minimum absolute atomic E-state index is 0.0456. The van der Waals surface area contributed by atoms with E-state index >= 15 is 0 Å². The number of nitrogens with zero attached hydrogens (tertiary/aromatic N) is 2. The Hall–Kier alpha value is -3.68. The molecule has 0 aliphatic carbocycles. The number of carboxylic acids is 1. The molecule has 8 nitrogen and oxygen atoms in total. The van der Waals surface area contributed by atoms with Gasteiger partial charge in [-0.05, 0) is 5.56 Å². The van der Waals surface area contributed by atoms with E-state index in [-0.39, 0.29) is 12.3 Å². The predicted octanol–water partition coefficient (Wildman–Crippen LogP) is 1.02. The number of hydrogen-bond acceptors (Lipinski definition) is 5. The molecule has 2 amide bonds. The van der Waals surface area contributed by atoms with Gasteiger partial charge >= 0.3 is 5.97 Å². The van der Waals surface area contributed by atoms with Crippen LogP contribution in [0.4, 0.5) is 0 Å². The summed E-state index contributed by atoms with van der Waals surface area (Å²) in [5.74, 6) is -2.38. The third kappa shape index (κ3) is 3.64. The standard InChI is InChI=1S/C19H17N3O5/c23-17(15(21-27)12-7-3-1-4-8-12)20-14-11-22(18(14)24)16(19(25)26)13-9-5-2-6-10-13/h1-10,14,16,27H,11H2,(H,20,23)(H,25,26)/b21-15+. The van der Waals surface area contributed by atoms with Crippen LogP contribution in [0.5, 0.6) is 0 Å². The van der Waals surface area contributed by atoms with Crippen molar-refractivity contribution in [2.24, 2.45) is 5.16 Å². The minimum atomic E-state index is -1.15. The lowest BCUT2D eigenvalue weighted by Gasteiger charge is -2.42. The summed E-state index contributed by atoms with van der Waals surface area (Å²) in [6.45, 7) is 0.0456. The van der Waals surface area contributed by atoms with Crippen molar-refractivity contribution in [2.45, 2.75) is 12.1 Å². The van der Waals surface area contributed by atoms with E-state index in [2.05, 4.69) is 10.5 Å². The molecule has 138 valence electrons. The Labute approximate surface area is 154 Å². The number of carbonyl (C=O) groups is 3. The fraction of sp³-hybridized carbons (Fsp3) is 0.158. The van der Waals surface area contributed by atoms with Crippen molar-refractivity contribution in [3.05, 3.63) is 71.8 Å². The third-order valence-corrected chi connectivity index (χ3v) is 4.29. The predicted molar refractivity (Wildman–Crippen MR) is 95.2 cm³/mol. The number of rotatable bonds is 6. The molecule has 2 unspecified atom stereocenters. The van der Waals surface area contributed by atoms with E-state index in [0.29, 0.717) is 11.1 Å². The zero-order valence-electron chi connectivity index (χ0n) is 14.1. The van der Waals surface area contributed by atoms with Crippen molar-refractivity contribution >= 4 is 23.5 Å². The first kappa shape index (κ1) is 18.1. The van der Waals surface area contributed by atoms with Gasteiger partial charge in [0, 0.05) is 5.56 Å². The number of oxime groups is 1. The molecule has 0 radical (unpaired) electrons. The number of aliphatic carboxylic acids is 1. The number of β-lactam (4-membered cyclic amide) rings is 1. The summed E-state index contributed by atoms with van der Waals surface area (Å²) < 4.78 is 0. The molecule has 0 saturated carbocycles.